The molecule has 1 aliphatic heterocycles. The lowest BCUT2D eigenvalue weighted by Crippen LogP contribution is -2.39. The molecule has 0 bridgehead atoms. The summed E-state index contributed by atoms with van der Waals surface area (Å²) in [6.07, 6.45) is 9.52. The van der Waals surface area contributed by atoms with Crippen molar-refractivity contribution in [1.82, 2.24) is 20.3 Å². The molecule has 0 unspecified atom stereocenters. The predicted molar refractivity (Wildman–Crippen MR) is 126 cm³/mol. The van der Waals surface area contributed by atoms with Gasteiger partial charge in [-0.1, -0.05) is 18.2 Å². The Kier molecular flexibility index (Phi) is 6.67. The number of nitrogens with one attached hydrogen (secondary N) is 1. The van der Waals surface area contributed by atoms with Crippen LogP contribution in [0.2, 0.25) is 0 Å². The van der Waals surface area contributed by atoms with Crippen molar-refractivity contribution in [2.75, 3.05) is 20.3 Å². The zero-order valence-electron chi connectivity index (χ0n) is 19.2. The number of ether oxygens (including phenoxy) is 3. The summed E-state index contributed by atoms with van der Waals surface area (Å²) in [5.74, 6) is 0.422. The zero-order chi connectivity index (χ0) is 23.3. The fraction of sp³-hybridized carbons (Fsp3) is 0.385. The molecule has 34 heavy (non-hydrogen) atoms. The van der Waals surface area contributed by atoms with Crippen molar-refractivity contribution >= 4 is 5.91 Å². The van der Waals surface area contributed by atoms with Gasteiger partial charge in [-0.15, -0.1) is 0 Å². The summed E-state index contributed by atoms with van der Waals surface area (Å²) in [4.78, 5) is 25.7. The minimum absolute atomic E-state index is 0.0403. The number of rotatable bonds is 6. The van der Waals surface area contributed by atoms with Gasteiger partial charge in [0, 0.05) is 49.1 Å². The first kappa shape index (κ1) is 22.3. The summed E-state index contributed by atoms with van der Waals surface area (Å²) in [6, 6.07) is 10.2. The smallest absolute Gasteiger partial charge is 0.316 e. The molecule has 1 aliphatic carbocycles. The van der Waals surface area contributed by atoms with Gasteiger partial charge in [-0.3, -0.25) is 4.79 Å². The number of hydrogen-bond acceptors (Lipinski definition) is 7. The lowest BCUT2D eigenvalue weighted by atomic mass is 9.84. The van der Waals surface area contributed by atoms with Crippen LogP contribution in [0.3, 0.4) is 0 Å². The topological polar surface area (TPSA) is 95.5 Å². The number of methoxy groups -OCH3 is 1. The molecular formula is C26H28N4O4. The van der Waals surface area contributed by atoms with E-state index in [0.29, 0.717) is 30.7 Å². The van der Waals surface area contributed by atoms with E-state index in [1.54, 1.807) is 37.8 Å². The third kappa shape index (κ3) is 5.02. The second-order valence-corrected chi connectivity index (χ2v) is 8.63. The maximum absolute atomic E-state index is 12.9. The standard InChI is InChI=1S/C26H28N4O4/c1-32-26-28-15-19(16-29-26)22-4-2-3-17-5-7-20(13-23(17)22)30-25(31)18-6-8-24(27-14-18)34-21-9-11-33-12-10-21/h2-4,6,8,14-16,20-21H,5,7,9-13H2,1H3,(H,30,31)/t20-/m1/s1. The van der Waals surface area contributed by atoms with E-state index in [9.17, 15) is 4.79 Å². The second-order valence-electron chi connectivity index (χ2n) is 8.63. The van der Waals surface area contributed by atoms with Gasteiger partial charge in [0.05, 0.1) is 25.9 Å². The number of amides is 1. The Labute approximate surface area is 198 Å². The lowest BCUT2D eigenvalue weighted by molar-refractivity contribution is 0.0237. The van der Waals surface area contributed by atoms with E-state index in [1.807, 2.05) is 0 Å². The van der Waals surface area contributed by atoms with Crippen LogP contribution in [0.5, 0.6) is 11.9 Å². The van der Waals surface area contributed by atoms with Crippen LogP contribution < -0.4 is 14.8 Å². The Morgan fingerprint density at radius 3 is 2.59 bits per heavy atom. The fourth-order valence-electron chi connectivity index (χ4n) is 4.56. The van der Waals surface area contributed by atoms with Crippen LogP contribution in [-0.2, 0) is 17.6 Å². The number of aromatic nitrogens is 3. The molecule has 1 N–H and O–H groups in total. The quantitative estimate of drug-likeness (QED) is 0.602. The number of carbonyl (C=O) groups is 1. The van der Waals surface area contributed by atoms with Crippen LogP contribution >= 0.6 is 0 Å². The highest BCUT2D eigenvalue weighted by molar-refractivity contribution is 5.94. The third-order valence-electron chi connectivity index (χ3n) is 6.40. The largest absolute Gasteiger partial charge is 0.474 e. The van der Waals surface area contributed by atoms with Crippen LogP contribution in [-0.4, -0.2) is 53.3 Å². The summed E-state index contributed by atoms with van der Waals surface area (Å²) >= 11 is 0. The van der Waals surface area contributed by atoms with Crippen molar-refractivity contribution in [3.05, 3.63) is 65.6 Å². The molecule has 2 aliphatic rings. The van der Waals surface area contributed by atoms with Crippen molar-refractivity contribution in [3.63, 3.8) is 0 Å². The van der Waals surface area contributed by atoms with Crippen LogP contribution in [0.1, 0.15) is 40.7 Å². The van der Waals surface area contributed by atoms with Crippen molar-refractivity contribution in [3.8, 4) is 23.0 Å². The van der Waals surface area contributed by atoms with Crippen molar-refractivity contribution in [1.29, 1.82) is 0 Å². The minimum atomic E-state index is -0.121. The van der Waals surface area contributed by atoms with E-state index < -0.39 is 0 Å². The molecule has 1 atom stereocenters. The lowest BCUT2D eigenvalue weighted by Gasteiger charge is -2.27. The molecule has 0 spiro atoms. The van der Waals surface area contributed by atoms with Crippen molar-refractivity contribution in [2.45, 2.75) is 44.2 Å². The maximum Gasteiger partial charge on any atom is 0.316 e. The SMILES string of the molecule is COc1ncc(-c2cccc3c2C[C@H](NC(=O)c2ccc(OC4CCOCC4)nc2)CC3)cn1. The van der Waals surface area contributed by atoms with Gasteiger partial charge < -0.3 is 19.5 Å². The molecule has 3 heterocycles. The highest BCUT2D eigenvalue weighted by Gasteiger charge is 2.24. The number of hydrogen-bond donors (Lipinski definition) is 1. The van der Waals surface area contributed by atoms with Crippen molar-refractivity contribution < 1.29 is 19.0 Å². The molecule has 1 amide bonds. The van der Waals surface area contributed by atoms with E-state index in [0.717, 1.165) is 43.2 Å². The molecule has 8 nitrogen and oxygen atoms in total. The summed E-state index contributed by atoms with van der Waals surface area (Å²) in [7, 11) is 1.55. The van der Waals surface area contributed by atoms with Crippen LogP contribution in [0.4, 0.5) is 0 Å². The first-order valence-corrected chi connectivity index (χ1v) is 11.7. The summed E-state index contributed by atoms with van der Waals surface area (Å²) in [5, 5.41) is 3.19. The highest BCUT2D eigenvalue weighted by Crippen LogP contribution is 2.31. The number of fused-ring (bicyclic) bond motifs is 1. The van der Waals surface area contributed by atoms with E-state index in [4.69, 9.17) is 14.2 Å². The van der Waals surface area contributed by atoms with E-state index >= 15 is 0 Å². The van der Waals surface area contributed by atoms with Gasteiger partial charge in [0.2, 0.25) is 5.88 Å². The fourth-order valence-corrected chi connectivity index (χ4v) is 4.56. The molecular weight excluding hydrogens is 432 g/mol. The first-order chi connectivity index (χ1) is 16.7. The Bertz CT molecular complexity index is 1130. The van der Waals surface area contributed by atoms with Crippen LogP contribution in [0.15, 0.2) is 48.9 Å². The normalized spacial score (nSPS) is 18.1. The Balaban J connectivity index is 1.25. The van der Waals surface area contributed by atoms with E-state index in [1.165, 1.54) is 11.1 Å². The number of aryl methyl sites for hydroxylation is 1. The molecule has 3 aromatic rings. The molecule has 0 saturated carbocycles. The van der Waals surface area contributed by atoms with E-state index in [2.05, 4.69) is 38.5 Å². The number of pyridine rings is 1. The van der Waals surface area contributed by atoms with Gasteiger partial charge in [-0.25, -0.2) is 15.0 Å². The monoisotopic (exact) mass is 460 g/mol. The number of carbonyl (C=O) groups excluding carboxylic acids is 1. The van der Waals surface area contributed by atoms with Gasteiger partial charge in [0.25, 0.3) is 5.91 Å². The highest BCUT2D eigenvalue weighted by atomic mass is 16.5. The average Bonchev–Trinajstić information content (AvgIpc) is 2.89. The van der Waals surface area contributed by atoms with E-state index in [-0.39, 0.29) is 18.1 Å². The summed E-state index contributed by atoms with van der Waals surface area (Å²) < 4.78 is 16.3. The molecule has 176 valence electrons. The van der Waals surface area contributed by atoms with Gasteiger partial charge in [0.1, 0.15) is 6.10 Å². The Morgan fingerprint density at radius 1 is 1.03 bits per heavy atom. The van der Waals surface area contributed by atoms with Crippen LogP contribution in [0, 0.1) is 0 Å². The molecule has 1 fully saturated rings. The molecule has 1 saturated heterocycles. The van der Waals surface area contributed by atoms with Gasteiger partial charge in [-0.2, -0.15) is 0 Å². The number of nitrogens with zero attached hydrogens (tertiary/aromatic N) is 3. The molecule has 0 radical (unpaired) electrons. The predicted octanol–water partition coefficient (Wildman–Crippen LogP) is 3.39. The van der Waals surface area contributed by atoms with Crippen molar-refractivity contribution in [2.24, 2.45) is 0 Å². The van der Waals surface area contributed by atoms with Gasteiger partial charge >= 0.3 is 6.01 Å². The van der Waals surface area contributed by atoms with Gasteiger partial charge in [0.15, 0.2) is 0 Å². The Hall–Kier alpha value is -3.52. The second kappa shape index (κ2) is 10.2. The third-order valence-corrected chi connectivity index (χ3v) is 6.40. The maximum atomic E-state index is 12.9. The van der Waals surface area contributed by atoms with Gasteiger partial charge in [-0.05, 0) is 42.0 Å². The van der Waals surface area contributed by atoms with Crippen LogP contribution in [0.25, 0.3) is 11.1 Å². The molecule has 5 rings (SSSR count). The zero-order valence-corrected chi connectivity index (χ0v) is 19.2. The molecule has 8 heteroatoms. The molecule has 1 aromatic carbocycles. The summed E-state index contributed by atoms with van der Waals surface area (Å²) in [6.45, 7) is 1.42. The molecule has 2 aromatic heterocycles. The Morgan fingerprint density at radius 2 is 1.85 bits per heavy atom. The number of benzene rings is 1. The average molecular weight is 461 g/mol. The first-order valence-electron chi connectivity index (χ1n) is 11.7. The summed E-state index contributed by atoms with van der Waals surface area (Å²) in [5.41, 5.74) is 5.09. The minimum Gasteiger partial charge on any atom is -0.474 e.